The minimum absolute atomic E-state index is 0.0953. The van der Waals surface area contributed by atoms with Crippen molar-refractivity contribution in [1.29, 1.82) is 0 Å². The summed E-state index contributed by atoms with van der Waals surface area (Å²) < 4.78 is 0. The fourth-order valence-corrected chi connectivity index (χ4v) is 4.46. The van der Waals surface area contributed by atoms with E-state index in [1.165, 1.54) is 5.56 Å². The molecule has 3 rings (SSSR count). The van der Waals surface area contributed by atoms with Crippen molar-refractivity contribution < 1.29 is 14.8 Å². The first-order chi connectivity index (χ1) is 16.1. The van der Waals surface area contributed by atoms with Crippen LogP contribution in [0, 0.1) is 0 Å². The van der Waals surface area contributed by atoms with Crippen molar-refractivity contribution in [2.24, 2.45) is 5.16 Å². The molecule has 0 saturated carbocycles. The summed E-state index contributed by atoms with van der Waals surface area (Å²) >= 11 is 1.61. The molecule has 0 fully saturated rings. The van der Waals surface area contributed by atoms with Gasteiger partial charge >= 0.3 is 0 Å². The van der Waals surface area contributed by atoms with Crippen molar-refractivity contribution in [2.45, 2.75) is 49.7 Å². The van der Waals surface area contributed by atoms with Crippen molar-refractivity contribution >= 4 is 29.0 Å². The van der Waals surface area contributed by atoms with Crippen molar-refractivity contribution in [3.05, 3.63) is 101 Å². The summed E-state index contributed by atoms with van der Waals surface area (Å²) in [6.07, 6.45) is 4.27. The highest BCUT2D eigenvalue weighted by atomic mass is 32.2. The number of carbonyl (C=O) groups excluding carboxylic acids is 2. The van der Waals surface area contributed by atoms with Crippen LogP contribution < -0.4 is 0 Å². The summed E-state index contributed by atoms with van der Waals surface area (Å²) in [6, 6.07) is 24.4. The topological polar surface area (TPSA) is 66.7 Å². The SMILES string of the molecule is CCCCCCC(=NO)C(=O)c1ccc(SCc2ccccc2)cc1C(=O)c1ccccc1. The van der Waals surface area contributed by atoms with Gasteiger partial charge in [-0.05, 0) is 36.6 Å². The third-order valence-electron chi connectivity index (χ3n) is 5.41. The molecular weight excluding hydrogens is 430 g/mol. The lowest BCUT2D eigenvalue weighted by Crippen LogP contribution is -2.19. The Morgan fingerprint density at radius 2 is 1.55 bits per heavy atom. The van der Waals surface area contributed by atoms with Crippen LogP contribution in [-0.2, 0) is 5.75 Å². The van der Waals surface area contributed by atoms with Gasteiger partial charge in [0.15, 0.2) is 5.78 Å². The molecule has 3 aromatic carbocycles. The lowest BCUT2D eigenvalue weighted by molar-refractivity contribution is 0.101. The van der Waals surface area contributed by atoms with Crippen molar-refractivity contribution in [3.8, 4) is 0 Å². The number of hydrogen-bond donors (Lipinski definition) is 1. The first kappa shape index (κ1) is 24.5. The number of carbonyl (C=O) groups is 2. The highest BCUT2D eigenvalue weighted by molar-refractivity contribution is 7.98. The maximum atomic E-state index is 13.3. The van der Waals surface area contributed by atoms with Crippen LogP contribution >= 0.6 is 11.8 Å². The standard InChI is InChI=1S/C28H29NO3S/c1-2-3-4-11-16-26(29-32)28(31)24-18-17-23(33-20-21-12-7-5-8-13-21)19-25(24)27(30)22-14-9-6-10-15-22/h5-10,12-15,17-19,32H,2-4,11,16,20H2,1H3. The van der Waals surface area contributed by atoms with E-state index < -0.39 is 5.78 Å². The smallest absolute Gasteiger partial charge is 0.211 e. The fraction of sp³-hybridized carbons (Fsp3) is 0.250. The van der Waals surface area contributed by atoms with Gasteiger partial charge in [0.25, 0.3) is 0 Å². The molecule has 0 unspecified atom stereocenters. The lowest BCUT2D eigenvalue weighted by Gasteiger charge is -2.12. The van der Waals surface area contributed by atoms with E-state index in [-0.39, 0.29) is 17.1 Å². The predicted octanol–water partition coefficient (Wildman–Crippen LogP) is 7.19. The quantitative estimate of drug-likeness (QED) is 0.0777. The van der Waals surface area contributed by atoms with Crippen LogP contribution in [0.2, 0.25) is 0 Å². The molecule has 0 amide bonds. The fourth-order valence-electron chi connectivity index (χ4n) is 3.57. The summed E-state index contributed by atoms with van der Waals surface area (Å²) in [5.74, 6) is 0.144. The molecule has 0 bridgehead atoms. The van der Waals surface area contributed by atoms with Crippen LogP contribution in [0.1, 0.15) is 70.9 Å². The van der Waals surface area contributed by atoms with Gasteiger partial charge in [-0.3, -0.25) is 9.59 Å². The number of hydrogen-bond acceptors (Lipinski definition) is 5. The molecule has 170 valence electrons. The number of Topliss-reactive ketones (excluding diaryl/α,β-unsaturated/α-hetero) is 1. The molecule has 0 aromatic heterocycles. The molecule has 1 N–H and O–H groups in total. The van der Waals surface area contributed by atoms with Crippen molar-refractivity contribution in [2.75, 3.05) is 0 Å². The molecule has 0 atom stereocenters. The Morgan fingerprint density at radius 3 is 2.21 bits per heavy atom. The van der Waals surface area contributed by atoms with Crippen LogP contribution in [0.25, 0.3) is 0 Å². The van der Waals surface area contributed by atoms with Crippen LogP contribution in [0.3, 0.4) is 0 Å². The Bertz CT molecular complexity index is 1090. The second kappa shape index (κ2) is 12.8. The number of rotatable bonds is 12. The van der Waals surface area contributed by atoms with Gasteiger partial charge in [-0.25, -0.2) is 0 Å². The Kier molecular flexibility index (Phi) is 9.45. The third kappa shape index (κ3) is 6.90. The minimum atomic E-state index is -0.395. The Labute approximate surface area is 199 Å². The van der Waals surface area contributed by atoms with Gasteiger partial charge in [0, 0.05) is 27.3 Å². The van der Waals surface area contributed by atoms with Crippen LogP contribution in [0.15, 0.2) is 88.9 Å². The van der Waals surface area contributed by atoms with Gasteiger partial charge in [-0.1, -0.05) is 92.0 Å². The van der Waals surface area contributed by atoms with Gasteiger partial charge in [-0.15, -0.1) is 11.8 Å². The van der Waals surface area contributed by atoms with E-state index in [9.17, 15) is 14.8 Å². The molecule has 5 heteroatoms. The van der Waals surface area contributed by atoms with E-state index in [4.69, 9.17) is 0 Å². The Balaban J connectivity index is 1.89. The highest BCUT2D eigenvalue weighted by Gasteiger charge is 2.23. The average Bonchev–Trinajstić information content (AvgIpc) is 2.88. The van der Waals surface area contributed by atoms with E-state index >= 15 is 0 Å². The zero-order chi connectivity index (χ0) is 23.5. The van der Waals surface area contributed by atoms with E-state index in [0.717, 1.165) is 36.3 Å². The van der Waals surface area contributed by atoms with E-state index in [1.54, 1.807) is 48.2 Å². The predicted molar refractivity (Wildman–Crippen MR) is 135 cm³/mol. The van der Waals surface area contributed by atoms with Gasteiger partial charge in [0.05, 0.1) is 0 Å². The number of thioether (sulfide) groups is 1. The van der Waals surface area contributed by atoms with Crippen molar-refractivity contribution in [3.63, 3.8) is 0 Å². The summed E-state index contributed by atoms with van der Waals surface area (Å²) in [5.41, 5.74) is 2.40. The zero-order valence-corrected chi connectivity index (χ0v) is 19.7. The van der Waals surface area contributed by atoms with E-state index in [0.29, 0.717) is 17.5 Å². The molecule has 0 heterocycles. The van der Waals surface area contributed by atoms with Crippen LogP contribution in [-0.4, -0.2) is 22.5 Å². The molecular formula is C28H29NO3S. The minimum Gasteiger partial charge on any atom is -0.411 e. The number of nitrogens with zero attached hydrogens (tertiary/aromatic N) is 1. The maximum absolute atomic E-state index is 13.3. The molecule has 0 spiro atoms. The molecule has 0 aliphatic rings. The molecule has 3 aromatic rings. The summed E-state index contributed by atoms with van der Waals surface area (Å²) in [7, 11) is 0. The van der Waals surface area contributed by atoms with Gasteiger partial charge in [0.2, 0.25) is 5.78 Å². The molecule has 4 nitrogen and oxygen atoms in total. The van der Waals surface area contributed by atoms with E-state index in [2.05, 4.69) is 24.2 Å². The first-order valence-electron chi connectivity index (χ1n) is 11.3. The second-order valence-electron chi connectivity index (χ2n) is 7.86. The molecule has 33 heavy (non-hydrogen) atoms. The zero-order valence-electron chi connectivity index (χ0n) is 18.9. The Morgan fingerprint density at radius 1 is 0.848 bits per heavy atom. The summed E-state index contributed by atoms with van der Waals surface area (Å²) in [6.45, 7) is 2.12. The molecule has 0 radical (unpaired) electrons. The number of oxime groups is 1. The summed E-state index contributed by atoms with van der Waals surface area (Å²) in [4.78, 5) is 27.5. The molecule has 0 aliphatic carbocycles. The highest BCUT2D eigenvalue weighted by Crippen LogP contribution is 2.27. The normalized spacial score (nSPS) is 11.4. The Hall–Kier alpha value is -3.18. The van der Waals surface area contributed by atoms with E-state index in [1.807, 2.05) is 30.3 Å². The van der Waals surface area contributed by atoms with Gasteiger partial charge in [0.1, 0.15) is 5.71 Å². The first-order valence-corrected chi connectivity index (χ1v) is 12.3. The van der Waals surface area contributed by atoms with Gasteiger partial charge in [-0.2, -0.15) is 0 Å². The monoisotopic (exact) mass is 459 g/mol. The molecule has 0 saturated heterocycles. The number of benzene rings is 3. The molecule has 0 aliphatic heterocycles. The van der Waals surface area contributed by atoms with Crippen LogP contribution in [0.5, 0.6) is 0 Å². The largest absolute Gasteiger partial charge is 0.411 e. The average molecular weight is 460 g/mol. The second-order valence-corrected chi connectivity index (χ2v) is 8.91. The number of unbranched alkanes of at least 4 members (excludes halogenated alkanes) is 3. The lowest BCUT2D eigenvalue weighted by atomic mass is 9.93. The van der Waals surface area contributed by atoms with Gasteiger partial charge < -0.3 is 5.21 Å². The third-order valence-corrected chi connectivity index (χ3v) is 6.48. The number of ketones is 2. The van der Waals surface area contributed by atoms with Crippen molar-refractivity contribution in [1.82, 2.24) is 0 Å². The van der Waals surface area contributed by atoms with Crippen LogP contribution in [0.4, 0.5) is 0 Å². The summed E-state index contributed by atoms with van der Waals surface area (Å²) in [5, 5.41) is 12.8. The maximum Gasteiger partial charge on any atom is 0.211 e.